The molecule has 0 aliphatic heterocycles. The predicted molar refractivity (Wildman–Crippen MR) is 55.6 cm³/mol. The number of allylic oxidation sites excluding steroid dienone is 1. The van der Waals surface area contributed by atoms with Crippen LogP contribution >= 0.6 is 0 Å². The molecule has 0 amide bonds. The van der Waals surface area contributed by atoms with Crippen molar-refractivity contribution >= 4 is 0 Å². The number of hydrogen-bond donors (Lipinski definition) is 0. The van der Waals surface area contributed by atoms with Crippen molar-refractivity contribution in [2.24, 2.45) is 5.41 Å². The highest BCUT2D eigenvalue weighted by atomic mass is 16.7. The zero-order valence-corrected chi connectivity index (χ0v) is 9.46. The van der Waals surface area contributed by atoms with Crippen molar-refractivity contribution in [2.75, 3.05) is 13.2 Å². The monoisotopic (exact) mass is 186 g/mol. The summed E-state index contributed by atoms with van der Waals surface area (Å²) in [5.74, 6) is 0. The van der Waals surface area contributed by atoms with Gasteiger partial charge in [0.25, 0.3) is 0 Å². The van der Waals surface area contributed by atoms with Gasteiger partial charge in [0.1, 0.15) is 0 Å². The fraction of sp³-hybridized carbons (Fsp3) is 0.818. The standard InChI is InChI=1S/C11H22O2/c1-6-9-11(4,5)10(12-7-2)13-8-3/h6,9-10H,7-8H2,1-5H3/b9-6+. The number of ether oxygens (including phenoxy) is 2. The normalized spacial score (nSPS) is 13.1. The Hall–Kier alpha value is -0.340. The maximum Gasteiger partial charge on any atom is 0.165 e. The third-order valence-electron chi connectivity index (χ3n) is 1.84. The first-order valence-electron chi connectivity index (χ1n) is 4.95. The lowest BCUT2D eigenvalue weighted by Gasteiger charge is -2.30. The van der Waals surface area contributed by atoms with Crippen molar-refractivity contribution in [1.82, 2.24) is 0 Å². The number of hydrogen-bond acceptors (Lipinski definition) is 2. The molecular formula is C11H22O2. The second-order valence-electron chi connectivity index (χ2n) is 3.56. The summed E-state index contributed by atoms with van der Waals surface area (Å²) in [6, 6.07) is 0. The molecule has 2 nitrogen and oxygen atoms in total. The fourth-order valence-electron chi connectivity index (χ4n) is 1.29. The Kier molecular flexibility index (Phi) is 6.00. The van der Waals surface area contributed by atoms with Gasteiger partial charge in [-0.1, -0.05) is 26.0 Å². The van der Waals surface area contributed by atoms with Gasteiger partial charge in [-0.15, -0.1) is 0 Å². The van der Waals surface area contributed by atoms with Gasteiger partial charge in [0.2, 0.25) is 0 Å². The lowest BCUT2D eigenvalue weighted by atomic mass is 9.92. The zero-order chi connectivity index (χ0) is 10.3. The SMILES string of the molecule is C/C=C/C(C)(C)C(OCC)OCC. The molecule has 0 rings (SSSR count). The highest BCUT2D eigenvalue weighted by molar-refractivity contribution is 4.95. The molecule has 2 heteroatoms. The lowest BCUT2D eigenvalue weighted by molar-refractivity contribution is -0.180. The molecule has 0 saturated heterocycles. The first-order chi connectivity index (χ1) is 6.08. The smallest absolute Gasteiger partial charge is 0.165 e. The van der Waals surface area contributed by atoms with Crippen molar-refractivity contribution in [3.05, 3.63) is 12.2 Å². The second-order valence-corrected chi connectivity index (χ2v) is 3.56. The molecule has 0 aromatic carbocycles. The van der Waals surface area contributed by atoms with Crippen LogP contribution in [0.5, 0.6) is 0 Å². The van der Waals surface area contributed by atoms with Crippen LogP contribution in [0.4, 0.5) is 0 Å². The minimum atomic E-state index is -0.140. The van der Waals surface area contributed by atoms with Crippen LogP contribution in [-0.2, 0) is 9.47 Å². The molecular weight excluding hydrogens is 164 g/mol. The Morgan fingerprint density at radius 3 is 1.92 bits per heavy atom. The average Bonchev–Trinajstić information content (AvgIpc) is 2.04. The Bertz CT molecular complexity index is 144. The molecule has 0 atom stereocenters. The zero-order valence-electron chi connectivity index (χ0n) is 9.46. The topological polar surface area (TPSA) is 18.5 Å². The third-order valence-corrected chi connectivity index (χ3v) is 1.84. The minimum Gasteiger partial charge on any atom is -0.352 e. The first kappa shape index (κ1) is 12.7. The maximum atomic E-state index is 5.53. The van der Waals surface area contributed by atoms with Crippen molar-refractivity contribution in [3.63, 3.8) is 0 Å². The van der Waals surface area contributed by atoms with E-state index in [0.717, 1.165) is 0 Å². The molecule has 0 aromatic heterocycles. The molecule has 0 bridgehead atoms. The molecule has 0 radical (unpaired) electrons. The van der Waals surface area contributed by atoms with E-state index in [1.165, 1.54) is 0 Å². The molecule has 0 fully saturated rings. The summed E-state index contributed by atoms with van der Waals surface area (Å²) in [6.45, 7) is 11.6. The molecule has 0 saturated carbocycles. The van der Waals surface area contributed by atoms with E-state index in [-0.39, 0.29) is 11.7 Å². The highest BCUT2D eigenvalue weighted by Crippen LogP contribution is 2.26. The summed E-state index contributed by atoms with van der Waals surface area (Å²) in [7, 11) is 0. The molecule has 0 aliphatic carbocycles. The van der Waals surface area contributed by atoms with Crippen molar-refractivity contribution in [3.8, 4) is 0 Å². The molecule has 0 aromatic rings. The summed E-state index contributed by atoms with van der Waals surface area (Å²) >= 11 is 0. The van der Waals surface area contributed by atoms with Gasteiger partial charge in [-0.25, -0.2) is 0 Å². The summed E-state index contributed by atoms with van der Waals surface area (Å²) < 4.78 is 11.1. The molecule has 0 aliphatic rings. The molecule has 78 valence electrons. The van der Waals surface area contributed by atoms with Crippen LogP contribution in [0.15, 0.2) is 12.2 Å². The molecule has 0 unspecified atom stereocenters. The van der Waals surface area contributed by atoms with Gasteiger partial charge in [-0.2, -0.15) is 0 Å². The molecule has 13 heavy (non-hydrogen) atoms. The minimum absolute atomic E-state index is 0.0548. The Labute approximate surface area is 81.9 Å². The van der Waals surface area contributed by atoms with E-state index in [9.17, 15) is 0 Å². The highest BCUT2D eigenvalue weighted by Gasteiger charge is 2.27. The van der Waals surface area contributed by atoms with Crippen LogP contribution in [0.2, 0.25) is 0 Å². The molecule has 0 N–H and O–H groups in total. The largest absolute Gasteiger partial charge is 0.352 e. The second kappa shape index (κ2) is 6.17. The van der Waals surface area contributed by atoms with Gasteiger partial charge in [0, 0.05) is 18.6 Å². The van der Waals surface area contributed by atoms with Crippen LogP contribution < -0.4 is 0 Å². The van der Waals surface area contributed by atoms with Gasteiger partial charge in [-0.3, -0.25) is 0 Å². The van der Waals surface area contributed by atoms with Gasteiger partial charge >= 0.3 is 0 Å². The Morgan fingerprint density at radius 2 is 1.62 bits per heavy atom. The Morgan fingerprint density at radius 1 is 1.15 bits per heavy atom. The summed E-state index contributed by atoms with van der Waals surface area (Å²) in [6.07, 6.45) is 4.01. The van der Waals surface area contributed by atoms with E-state index in [0.29, 0.717) is 13.2 Å². The van der Waals surface area contributed by atoms with E-state index in [1.54, 1.807) is 0 Å². The van der Waals surface area contributed by atoms with Gasteiger partial charge < -0.3 is 9.47 Å². The van der Waals surface area contributed by atoms with Gasteiger partial charge in [0.15, 0.2) is 6.29 Å². The lowest BCUT2D eigenvalue weighted by Crippen LogP contribution is -2.33. The van der Waals surface area contributed by atoms with E-state index >= 15 is 0 Å². The molecule has 0 spiro atoms. The van der Waals surface area contributed by atoms with Crippen LogP contribution in [0.3, 0.4) is 0 Å². The van der Waals surface area contributed by atoms with Gasteiger partial charge in [0.05, 0.1) is 0 Å². The fourth-order valence-corrected chi connectivity index (χ4v) is 1.29. The van der Waals surface area contributed by atoms with Crippen LogP contribution in [0, 0.1) is 5.41 Å². The van der Waals surface area contributed by atoms with Crippen molar-refractivity contribution in [1.29, 1.82) is 0 Å². The molecule has 0 heterocycles. The Balaban J connectivity index is 4.31. The van der Waals surface area contributed by atoms with Crippen molar-refractivity contribution < 1.29 is 9.47 Å². The summed E-state index contributed by atoms with van der Waals surface area (Å²) in [5, 5.41) is 0. The van der Waals surface area contributed by atoms with E-state index in [2.05, 4.69) is 19.9 Å². The van der Waals surface area contributed by atoms with Crippen molar-refractivity contribution in [2.45, 2.75) is 40.9 Å². The third kappa shape index (κ3) is 4.44. The van der Waals surface area contributed by atoms with E-state index in [1.807, 2.05) is 26.8 Å². The summed E-state index contributed by atoms with van der Waals surface area (Å²) in [5.41, 5.74) is -0.0548. The van der Waals surface area contributed by atoms with Crippen LogP contribution in [0.25, 0.3) is 0 Å². The first-order valence-corrected chi connectivity index (χ1v) is 4.95. The van der Waals surface area contributed by atoms with E-state index < -0.39 is 0 Å². The van der Waals surface area contributed by atoms with Crippen LogP contribution in [0.1, 0.15) is 34.6 Å². The summed E-state index contributed by atoms with van der Waals surface area (Å²) in [4.78, 5) is 0. The van der Waals surface area contributed by atoms with E-state index in [4.69, 9.17) is 9.47 Å². The quantitative estimate of drug-likeness (QED) is 0.469. The maximum absolute atomic E-state index is 5.53. The number of rotatable bonds is 6. The van der Waals surface area contributed by atoms with Crippen LogP contribution in [-0.4, -0.2) is 19.5 Å². The predicted octanol–water partition coefficient (Wildman–Crippen LogP) is 2.99. The van der Waals surface area contributed by atoms with Gasteiger partial charge in [-0.05, 0) is 20.8 Å². The average molecular weight is 186 g/mol.